The number of benzene rings is 1. The summed E-state index contributed by atoms with van der Waals surface area (Å²) in [5.41, 5.74) is -0.209. The van der Waals surface area contributed by atoms with Gasteiger partial charge < -0.3 is 38.8 Å². The lowest BCUT2D eigenvalue weighted by atomic mass is 10.0. The van der Waals surface area contributed by atoms with Gasteiger partial charge in [-0.15, -0.1) is 0 Å². The molecule has 1 N–H and O–H groups in total. The molecule has 1 fully saturated rings. The van der Waals surface area contributed by atoms with Crippen LogP contribution in [0.15, 0.2) is 18.2 Å². The fourth-order valence-corrected chi connectivity index (χ4v) is 5.31. The molecular weight excluding hydrogens is 570 g/mol. The summed E-state index contributed by atoms with van der Waals surface area (Å²) in [4.78, 5) is 42.9. The molecule has 0 aromatic heterocycles. The van der Waals surface area contributed by atoms with E-state index < -0.39 is 31.9 Å². The molecule has 1 heterocycles. The van der Waals surface area contributed by atoms with Gasteiger partial charge in [-0.05, 0) is 58.9 Å². The Bertz CT molecular complexity index is 1070. The molecule has 0 radical (unpaired) electrons. The fraction of sp³-hybridized carbons (Fsp3) is 0.710. The molecule has 0 bridgehead atoms. The van der Waals surface area contributed by atoms with Gasteiger partial charge in [0.25, 0.3) is 5.91 Å². The Hall–Kier alpha value is -2.99. The second-order valence-corrected chi connectivity index (χ2v) is 19.1. The van der Waals surface area contributed by atoms with Crippen molar-refractivity contribution in [3.63, 3.8) is 0 Å². The van der Waals surface area contributed by atoms with Crippen LogP contribution in [0.5, 0.6) is 11.5 Å². The lowest BCUT2D eigenvalue weighted by molar-refractivity contribution is 0.0282. The van der Waals surface area contributed by atoms with E-state index in [0.717, 1.165) is 6.04 Å². The summed E-state index contributed by atoms with van der Waals surface area (Å²) >= 11 is 0. The van der Waals surface area contributed by atoms with Crippen molar-refractivity contribution in [3.8, 4) is 11.5 Å². The number of methoxy groups -OCH3 is 2. The average molecular weight is 624 g/mol. The monoisotopic (exact) mass is 623 g/mol. The molecule has 12 heteroatoms. The third-order valence-electron chi connectivity index (χ3n) is 6.96. The number of hydrogen-bond donors (Lipinski definition) is 1. The van der Waals surface area contributed by atoms with Crippen LogP contribution in [0.25, 0.3) is 0 Å². The second kappa shape index (κ2) is 16.2. The summed E-state index contributed by atoms with van der Waals surface area (Å²) in [6, 6.07) is 5.41. The first-order valence-electron chi connectivity index (χ1n) is 15.1. The Balaban J connectivity index is 2.25. The summed E-state index contributed by atoms with van der Waals surface area (Å²) in [7, 11) is 1.82. The minimum absolute atomic E-state index is 0.152. The Morgan fingerprint density at radius 3 is 2.33 bits per heavy atom. The number of nitrogens with zero attached hydrogens (tertiary/aromatic N) is 2. The predicted molar refractivity (Wildman–Crippen MR) is 169 cm³/mol. The molecule has 0 aliphatic carbocycles. The van der Waals surface area contributed by atoms with Crippen LogP contribution in [0.3, 0.4) is 0 Å². The van der Waals surface area contributed by atoms with E-state index >= 15 is 0 Å². The lowest BCUT2D eigenvalue weighted by Crippen LogP contribution is -2.47. The molecule has 1 aromatic carbocycles. The van der Waals surface area contributed by atoms with Crippen molar-refractivity contribution in [2.75, 3.05) is 53.7 Å². The number of hydrogen-bond acceptors (Lipinski definition) is 8. The van der Waals surface area contributed by atoms with Gasteiger partial charge in [0.15, 0.2) is 11.5 Å². The maximum absolute atomic E-state index is 13.9. The van der Waals surface area contributed by atoms with Crippen molar-refractivity contribution in [2.45, 2.75) is 84.4 Å². The summed E-state index contributed by atoms with van der Waals surface area (Å²) in [6.45, 7) is 18.2. The van der Waals surface area contributed by atoms with Gasteiger partial charge in [-0.1, -0.05) is 19.6 Å². The van der Waals surface area contributed by atoms with Crippen LogP contribution in [0.1, 0.15) is 51.4 Å². The maximum Gasteiger partial charge on any atom is 0.410 e. The second-order valence-electron chi connectivity index (χ2n) is 13.5. The molecule has 244 valence electrons. The van der Waals surface area contributed by atoms with Gasteiger partial charge >= 0.3 is 12.2 Å². The first-order valence-corrected chi connectivity index (χ1v) is 18.8. The van der Waals surface area contributed by atoms with E-state index in [4.69, 9.17) is 23.7 Å². The van der Waals surface area contributed by atoms with Gasteiger partial charge in [0.2, 0.25) is 0 Å². The van der Waals surface area contributed by atoms with Crippen molar-refractivity contribution < 1.29 is 38.1 Å². The zero-order chi connectivity index (χ0) is 32.4. The van der Waals surface area contributed by atoms with Gasteiger partial charge in [-0.3, -0.25) is 4.79 Å². The molecule has 1 saturated heterocycles. The van der Waals surface area contributed by atoms with Crippen molar-refractivity contribution in [2.24, 2.45) is 5.92 Å². The lowest BCUT2D eigenvalue weighted by Gasteiger charge is -2.31. The fourth-order valence-electron chi connectivity index (χ4n) is 4.59. The van der Waals surface area contributed by atoms with Crippen LogP contribution < -0.4 is 14.8 Å². The SMILES string of the molecule is COCCCOc1cc(C(=O)N(CC2CN(C(=O)OC(C)(C)C)CC2NC(=O)OCC[Si](C)(C)C)C(C)C)ccc1OC. The Morgan fingerprint density at radius 2 is 1.74 bits per heavy atom. The molecule has 1 aliphatic rings. The topological polar surface area (TPSA) is 116 Å². The molecule has 11 nitrogen and oxygen atoms in total. The minimum Gasteiger partial charge on any atom is -0.493 e. The number of likely N-dealkylation sites (tertiary alicyclic amines) is 1. The molecule has 43 heavy (non-hydrogen) atoms. The highest BCUT2D eigenvalue weighted by Crippen LogP contribution is 2.30. The van der Waals surface area contributed by atoms with E-state index in [9.17, 15) is 14.4 Å². The quantitative estimate of drug-likeness (QED) is 0.220. The van der Waals surface area contributed by atoms with E-state index in [1.165, 1.54) is 0 Å². The van der Waals surface area contributed by atoms with Gasteiger partial charge in [0, 0.05) is 65.4 Å². The van der Waals surface area contributed by atoms with Crippen LogP contribution in [-0.2, 0) is 14.2 Å². The van der Waals surface area contributed by atoms with Gasteiger partial charge in [0.1, 0.15) is 5.60 Å². The molecule has 2 rings (SSSR count). The Morgan fingerprint density at radius 1 is 1.05 bits per heavy atom. The molecule has 0 spiro atoms. The van der Waals surface area contributed by atoms with Crippen LogP contribution in [0.2, 0.25) is 25.7 Å². The largest absolute Gasteiger partial charge is 0.493 e. The Labute approximate surface area is 258 Å². The van der Waals surface area contributed by atoms with Crippen LogP contribution in [0.4, 0.5) is 9.59 Å². The number of alkyl carbamates (subject to hydrolysis) is 1. The smallest absolute Gasteiger partial charge is 0.410 e. The van der Waals surface area contributed by atoms with Crippen molar-refractivity contribution >= 4 is 26.2 Å². The number of amides is 3. The summed E-state index contributed by atoms with van der Waals surface area (Å²) in [5.74, 6) is 0.578. The number of rotatable bonds is 14. The highest BCUT2D eigenvalue weighted by molar-refractivity contribution is 6.76. The molecule has 0 saturated carbocycles. The zero-order valence-electron chi connectivity index (χ0n) is 27.8. The molecular formula is C31H53N3O8Si. The predicted octanol–water partition coefficient (Wildman–Crippen LogP) is 5.26. The zero-order valence-corrected chi connectivity index (χ0v) is 28.8. The third kappa shape index (κ3) is 12.3. The maximum atomic E-state index is 13.9. The molecule has 1 aromatic rings. The first kappa shape index (κ1) is 36.2. The van der Waals surface area contributed by atoms with E-state index in [1.807, 2.05) is 34.6 Å². The highest BCUT2D eigenvalue weighted by atomic mass is 28.3. The van der Waals surface area contributed by atoms with E-state index in [1.54, 1.807) is 42.2 Å². The van der Waals surface area contributed by atoms with Gasteiger partial charge in [-0.2, -0.15) is 0 Å². The van der Waals surface area contributed by atoms with Crippen molar-refractivity contribution in [1.82, 2.24) is 15.1 Å². The van der Waals surface area contributed by atoms with Gasteiger partial charge in [0.05, 0.1) is 26.4 Å². The number of carbonyl (C=O) groups excluding carboxylic acids is 3. The van der Waals surface area contributed by atoms with E-state index in [2.05, 4.69) is 25.0 Å². The summed E-state index contributed by atoms with van der Waals surface area (Å²) in [6.07, 6.45) is -0.283. The molecule has 2 unspecified atom stereocenters. The summed E-state index contributed by atoms with van der Waals surface area (Å²) in [5, 5.41) is 2.96. The van der Waals surface area contributed by atoms with Crippen molar-refractivity contribution in [1.29, 1.82) is 0 Å². The number of carbonyl (C=O) groups is 3. The standard InChI is InChI=1S/C31H53N3O8Si/c1-22(2)34(28(35)23-12-13-26(39-7)27(18-23)40-15-11-14-38-6)20-24-19-33(30(37)42-31(3,4)5)21-25(24)32-29(36)41-16-17-43(8,9)10/h12-13,18,22,24-25H,11,14-17,19-21H2,1-10H3,(H,32,36). The minimum atomic E-state index is -1.37. The average Bonchev–Trinajstić information content (AvgIpc) is 3.29. The summed E-state index contributed by atoms with van der Waals surface area (Å²) < 4.78 is 27.5. The highest BCUT2D eigenvalue weighted by Gasteiger charge is 2.40. The Kier molecular flexibility index (Phi) is 13.6. The third-order valence-corrected chi connectivity index (χ3v) is 8.66. The van der Waals surface area contributed by atoms with Crippen LogP contribution >= 0.6 is 0 Å². The normalized spacial score (nSPS) is 17.0. The van der Waals surface area contributed by atoms with Gasteiger partial charge in [-0.25, -0.2) is 9.59 Å². The van der Waals surface area contributed by atoms with E-state index in [0.29, 0.717) is 56.4 Å². The van der Waals surface area contributed by atoms with Crippen LogP contribution in [-0.4, -0.2) is 107 Å². The first-order chi connectivity index (χ1) is 20.0. The number of ether oxygens (including phenoxy) is 5. The van der Waals surface area contributed by atoms with E-state index in [-0.39, 0.29) is 24.4 Å². The van der Waals surface area contributed by atoms with Crippen molar-refractivity contribution in [3.05, 3.63) is 23.8 Å². The molecule has 2 atom stereocenters. The van der Waals surface area contributed by atoms with Crippen LogP contribution in [0, 0.1) is 5.92 Å². The molecule has 1 aliphatic heterocycles. The number of nitrogens with one attached hydrogen (secondary N) is 1. The molecule has 3 amide bonds.